The van der Waals surface area contributed by atoms with Crippen molar-refractivity contribution in [3.8, 4) is 0 Å². The molecule has 2 heterocycles. The van der Waals surface area contributed by atoms with Crippen molar-refractivity contribution in [2.75, 3.05) is 26.7 Å². The lowest BCUT2D eigenvalue weighted by atomic mass is 9.96. The number of nitrogens with zero attached hydrogens (tertiary/aromatic N) is 3. The predicted octanol–water partition coefficient (Wildman–Crippen LogP) is 1.39. The van der Waals surface area contributed by atoms with Crippen LogP contribution < -0.4 is 5.73 Å². The summed E-state index contributed by atoms with van der Waals surface area (Å²) in [4.78, 5) is 32.1. The third-order valence-corrected chi connectivity index (χ3v) is 4.76. The van der Waals surface area contributed by atoms with Crippen molar-refractivity contribution < 1.29 is 9.59 Å². The number of primary amides is 1. The third-order valence-electron chi connectivity index (χ3n) is 4.76. The van der Waals surface area contributed by atoms with E-state index in [-0.39, 0.29) is 24.3 Å². The third kappa shape index (κ3) is 4.14. The topological polar surface area (TPSA) is 79.5 Å². The fourth-order valence-corrected chi connectivity index (χ4v) is 3.56. The minimum Gasteiger partial charge on any atom is -0.369 e. The lowest BCUT2D eigenvalue weighted by molar-refractivity contribution is -0.137. The number of rotatable bonds is 5. The van der Waals surface area contributed by atoms with E-state index in [1.54, 1.807) is 11.1 Å². The highest BCUT2D eigenvalue weighted by molar-refractivity contribution is 5.83. The first-order valence-electron chi connectivity index (χ1n) is 8.63. The van der Waals surface area contributed by atoms with Crippen LogP contribution in [-0.2, 0) is 16.1 Å². The lowest BCUT2D eigenvalue weighted by Crippen LogP contribution is -2.46. The van der Waals surface area contributed by atoms with Gasteiger partial charge in [-0.1, -0.05) is 18.2 Å². The van der Waals surface area contributed by atoms with Crippen molar-refractivity contribution in [1.29, 1.82) is 0 Å². The molecule has 132 valence electrons. The van der Waals surface area contributed by atoms with Gasteiger partial charge in [0.2, 0.25) is 11.8 Å². The van der Waals surface area contributed by atoms with Gasteiger partial charge in [-0.3, -0.25) is 19.5 Å². The number of hydrogen-bond acceptors (Lipinski definition) is 4. The van der Waals surface area contributed by atoms with Crippen LogP contribution in [-0.4, -0.2) is 53.3 Å². The Bertz CT molecular complexity index is 772. The van der Waals surface area contributed by atoms with Crippen molar-refractivity contribution in [1.82, 2.24) is 14.8 Å². The number of likely N-dealkylation sites (tertiary alicyclic amines) is 1. The zero-order chi connectivity index (χ0) is 17.8. The summed E-state index contributed by atoms with van der Waals surface area (Å²) < 4.78 is 0. The molecule has 3 rings (SSSR count). The van der Waals surface area contributed by atoms with E-state index >= 15 is 0 Å². The van der Waals surface area contributed by atoms with Gasteiger partial charge in [0, 0.05) is 31.7 Å². The molecule has 1 aromatic heterocycles. The molecule has 1 aliphatic heterocycles. The fourth-order valence-electron chi connectivity index (χ4n) is 3.56. The molecule has 1 atom stereocenters. The molecule has 6 nitrogen and oxygen atoms in total. The number of hydrogen-bond donors (Lipinski definition) is 1. The van der Waals surface area contributed by atoms with Gasteiger partial charge in [-0.05, 0) is 37.1 Å². The van der Waals surface area contributed by atoms with Crippen molar-refractivity contribution in [3.63, 3.8) is 0 Å². The molecular formula is C19H24N4O2. The van der Waals surface area contributed by atoms with Crippen LogP contribution in [0.2, 0.25) is 0 Å². The first kappa shape index (κ1) is 17.4. The van der Waals surface area contributed by atoms with Crippen molar-refractivity contribution in [3.05, 3.63) is 42.1 Å². The number of aromatic nitrogens is 1. The van der Waals surface area contributed by atoms with Crippen LogP contribution in [0.3, 0.4) is 0 Å². The Balaban J connectivity index is 1.69. The standard InChI is InChI=1S/C19H24N4O2/c1-22(11-14-8-9-21-17-7-3-2-6-16(14)17)19(25)15-5-4-10-23(12-15)13-18(20)24/h2-3,6-9,15H,4-5,10-13H2,1H3,(H2,20,24). The van der Waals surface area contributed by atoms with E-state index in [4.69, 9.17) is 5.73 Å². The molecule has 2 N–H and O–H groups in total. The minimum atomic E-state index is -0.343. The SMILES string of the molecule is CN(Cc1ccnc2ccccc12)C(=O)C1CCCN(CC(N)=O)C1. The smallest absolute Gasteiger partial charge is 0.231 e. The van der Waals surface area contributed by atoms with Gasteiger partial charge < -0.3 is 10.6 Å². The van der Waals surface area contributed by atoms with E-state index in [0.29, 0.717) is 13.1 Å². The predicted molar refractivity (Wildman–Crippen MR) is 96.6 cm³/mol. The monoisotopic (exact) mass is 340 g/mol. The number of para-hydroxylation sites is 1. The van der Waals surface area contributed by atoms with Gasteiger partial charge in [-0.2, -0.15) is 0 Å². The summed E-state index contributed by atoms with van der Waals surface area (Å²) in [5.41, 5.74) is 7.30. The van der Waals surface area contributed by atoms with E-state index in [1.165, 1.54) is 0 Å². The van der Waals surface area contributed by atoms with E-state index in [1.807, 2.05) is 42.3 Å². The second kappa shape index (κ2) is 7.61. The highest BCUT2D eigenvalue weighted by Gasteiger charge is 2.28. The lowest BCUT2D eigenvalue weighted by Gasteiger charge is -2.33. The molecule has 2 aromatic rings. The number of fused-ring (bicyclic) bond motifs is 1. The van der Waals surface area contributed by atoms with E-state index in [2.05, 4.69) is 4.98 Å². The maximum Gasteiger partial charge on any atom is 0.231 e. The molecule has 1 fully saturated rings. The quantitative estimate of drug-likeness (QED) is 0.892. The van der Waals surface area contributed by atoms with E-state index in [0.717, 1.165) is 35.9 Å². The summed E-state index contributed by atoms with van der Waals surface area (Å²) in [5, 5.41) is 1.07. The van der Waals surface area contributed by atoms with Gasteiger partial charge in [0.1, 0.15) is 0 Å². The molecule has 1 aromatic carbocycles. The first-order valence-corrected chi connectivity index (χ1v) is 8.63. The summed E-state index contributed by atoms with van der Waals surface area (Å²) in [6, 6.07) is 9.92. The van der Waals surface area contributed by atoms with Crippen molar-refractivity contribution in [2.24, 2.45) is 11.7 Å². The molecule has 1 aliphatic rings. The van der Waals surface area contributed by atoms with E-state index < -0.39 is 0 Å². The normalized spacial score (nSPS) is 18.2. The Morgan fingerprint density at radius 2 is 2.12 bits per heavy atom. The number of nitrogens with two attached hydrogens (primary N) is 1. The number of amides is 2. The molecule has 25 heavy (non-hydrogen) atoms. The van der Waals surface area contributed by atoms with Crippen LogP contribution in [0.25, 0.3) is 10.9 Å². The highest BCUT2D eigenvalue weighted by Crippen LogP contribution is 2.21. The number of piperidine rings is 1. The summed E-state index contributed by atoms with van der Waals surface area (Å²) in [7, 11) is 1.84. The number of benzene rings is 1. The Morgan fingerprint density at radius 3 is 2.92 bits per heavy atom. The molecule has 0 spiro atoms. The Hall–Kier alpha value is -2.47. The Labute approximate surface area is 147 Å². The molecule has 1 saturated heterocycles. The summed E-state index contributed by atoms with van der Waals surface area (Å²) >= 11 is 0. The average Bonchev–Trinajstić information content (AvgIpc) is 2.61. The maximum atomic E-state index is 12.8. The van der Waals surface area contributed by atoms with Gasteiger partial charge in [0.05, 0.1) is 18.0 Å². The van der Waals surface area contributed by atoms with Gasteiger partial charge in [0.25, 0.3) is 0 Å². The number of pyridine rings is 1. The maximum absolute atomic E-state index is 12.8. The van der Waals surface area contributed by atoms with Crippen LogP contribution in [0.15, 0.2) is 36.5 Å². The van der Waals surface area contributed by atoms with Crippen LogP contribution >= 0.6 is 0 Å². The van der Waals surface area contributed by atoms with Gasteiger partial charge in [-0.25, -0.2) is 0 Å². The molecule has 1 unspecified atom stereocenters. The molecule has 6 heteroatoms. The first-order chi connectivity index (χ1) is 12.0. The van der Waals surface area contributed by atoms with Gasteiger partial charge in [-0.15, -0.1) is 0 Å². The van der Waals surface area contributed by atoms with E-state index in [9.17, 15) is 9.59 Å². The fraction of sp³-hybridized carbons (Fsp3) is 0.421. The number of carbonyl (C=O) groups is 2. The van der Waals surface area contributed by atoms with Gasteiger partial charge >= 0.3 is 0 Å². The van der Waals surface area contributed by atoms with Crippen LogP contribution in [0.4, 0.5) is 0 Å². The van der Waals surface area contributed by atoms with Crippen molar-refractivity contribution in [2.45, 2.75) is 19.4 Å². The molecule has 0 bridgehead atoms. The second-order valence-electron chi connectivity index (χ2n) is 6.72. The molecule has 2 amide bonds. The summed E-state index contributed by atoms with van der Waals surface area (Å²) in [5.74, 6) is -0.300. The molecular weight excluding hydrogens is 316 g/mol. The summed E-state index contributed by atoms with van der Waals surface area (Å²) in [6.45, 7) is 2.20. The second-order valence-corrected chi connectivity index (χ2v) is 6.72. The highest BCUT2D eigenvalue weighted by atomic mass is 16.2. The minimum absolute atomic E-state index is 0.0776. The van der Waals surface area contributed by atoms with Crippen molar-refractivity contribution >= 4 is 22.7 Å². The number of carbonyl (C=O) groups excluding carboxylic acids is 2. The van der Waals surface area contributed by atoms with Gasteiger partial charge in [0.15, 0.2) is 0 Å². The molecule has 0 aliphatic carbocycles. The molecule has 0 radical (unpaired) electrons. The average molecular weight is 340 g/mol. The summed E-state index contributed by atoms with van der Waals surface area (Å²) in [6.07, 6.45) is 3.55. The zero-order valence-electron chi connectivity index (χ0n) is 14.5. The van der Waals surface area contributed by atoms with Crippen LogP contribution in [0.5, 0.6) is 0 Å². The largest absolute Gasteiger partial charge is 0.369 e. The van der Waals surface area contributed by atoms with Crippen LogP contribution in [0, 0.1) is 5.92 Å². The van der Waals surface area contributed by atoms with Crippen LogP contribution in [0.1, 0.15) is 18.4 Å². The zero-order valence-corrected chi connectivity index (χ0v) is 14.5. The Kier molecular flexibility index (Phi) is 5.28. The Morgan fingerprint density at radius 1 is 1.32 bits per heavy atom. The molecule has 0 saturated carbocycles.